The number of amides is 2. The lowest BCUT2D eigenvalue weighted by Gasteiger charge is -2.30. The molecule has 1 heterocycles. The second-order valence-electron chi connectivity index (χ2n) is 15.7. The maximum Gasteiger partial charge on any atom is 0.280 e. The van der Waals surface area contributed by atoms with Gasteiger partial charge in [0.2, 0.25) is 11.9 Å². The summed E-state index contributed by atoms with van der Waals surface area (Å²) >= 11 is 38.8. The molecular weight excluding hydrogens is 917 g/mol. The number of anilines is 2. The maximum absolute atomic E-state index is 14.2. The van der Waals surface area contributed by atoms with E-state index in [1.807, 2.05) is 13.8 Å². The fourth-order valence-corrected chi connectivity index (χ4v) is 7.74. The van der Waals surface area contributed by atoms with Crippen LogP contribution < -0.4 is 30.0 Å². The lowest BCUT2D eigenvalue weighted by Crippen LogP contribution is -2.36. The second-order valence-corrected chi connectivity index (χ2v) is 18.0. The summed E-state index contributed by atoms with van der Waals surface area (Å²) in [6.07, 6.45) is 2.63. The molecular formula is C45H50Cl6N6O5. The molecule has 1 fully saturated rings. The number of nitrogens with zero attached hydrogens (tertiary/aromatic N) is 4. The van der Waals surface area contributed by atoms with Gasteiger partial charge in [0, 0.05) is 23.7 Å². The van der Waals surface area contributed by atoms with Crippen molar-refractivity contribution < 1.29 is 23.8 Å². The van der Waals surface area contributed by atoms with Gasteiger partial charge in [-0.1, -0.05) is 123 Å². The molecule has 11 nitrogen and oxygen atoms in total. The summed E-state index contributed by atoms with van der Waals surface area (Å²) in [4.78, 5) is 32.1. The first-order valence-corrected chi connectivity index (χ1v) is 22.5. The number of nitrogens with one attached hydrogen (secondary N) is 2. The summed E-state index contributed by atoms with van der Waals surface area (Å²) in [5.41, 5.74) is 6.19. The monoisotopic (exact) mass is 964 g/mol. The quantitative estimate of drug-likeness (QED) is 0.0443. The Kier molecular flexibility index (Phi) is 16.7. The standard InChI is InChI=1S/C45H50Cl6N6O5/c1-9-44(5,6)25-15-19-31(28(22-25)45(7,8)10-2)62-21-13-14-34(58)52-26-16-18-29(46)30(23-26)53-42-40(55-54-27-17-20-32(60-11-3)33(24-27)61-12-4)43(59)57(56-42)41-38(50)36(48)35(47)37(49)39(41)51/h15-20,22-24,40H,9-14,21H2,1-8H3,(H,52,58)(H,53,56). The van der Waals surface area contributed by atoms with E-state index in [2.05, 4.69) is 85.7 Å². The predicted octanol–water partition coefficient (Wildman–Crippen LogP) is 14.3. The van der Waals surface area contributed by atoms with Gasteiger partial charge in [-0.05, 0) is 85.9 Å². The Morgan fingerprint density at radius 1 is 0.758 bits per heavy atom. The third kappa shape index (κ3) is 11.2. The van der Waals surface area contributed by atoms with Gasteiger partial charge in [-0.3, -0.25) is 15.0 Å². The van der Waals surface area contributed by atoms with Crippen LogP contribution in [0.25, 0.3) is 0 Å². The summed E-state index contributed by atoms with van der Waals surface area (Å²) < 4.78 is 17.7. The van der Waals surface area contributed by atoms with E-state index in [0.29, 0.717) is 49.1 Å². The molecule has 4 aromatic rings. The highest BCUT2D eigenvalue weighted by atomic mass is 35.5. The van der Waals surface area contributed by atoms with Gasteiger partial charge < -0.3 is 19.5 Å². The Hall–Kier alpha value is -3.97. The Bertz CT molecular complexity index is 2340. The van der Waals surface area contributed by atoms with Crippen LogP contribution >= 0.6 is 69.6 Å². The smallest absolute Gasteiger partial charge is 0.280 e. The maximum atomic E-state index is 14.2. The molecule has 0 aromatic heterocycles. The van der Waals surface area contributed by atoms with E-state index in [-0.39, 0.29) is 70.5 Å². The van der Waals surface area contributed by atoms with Gasteiger partial charge in [0.05, 0.1) is 61.3 Å². The minimum atomic E-state index is -1.37. The Morgan fingerprint density at radius 2 is 1.39 bits per heavy atom. The third-order valence-corrected chi connectivity index (χ3v) is 13.3. The molecule has 2 amide bonds. The van der Waals surface area contributed by atoms with Crippen LogP contribution in [0.4, 0.5) is 22.7 Å². The highest BCUT2D eigenvalue weighted by Crippen LogP contribution is 2.49. The molecule has 1 atom stereocenters. The number of azo groups is 1. The molecule has 62 heavy (non-hydrogen) atoms. The van der Waals surface area contributed by atoms with Crippen molar-refractivity contribution in [3.8, 4) is 17.2 Å². The average Bonchev–Trinajstić information content (AvgIpc) is 3.55. The zero-order chi connectivity index (χ0) is 45.5. The summed E-state index contributed by atoms with van der Waals surface area (Å²) in [7, 11) is 0. The molecule has 2 N–H and O–H groups in total. The Labute approximate surface area is 393 Å². The van der Waals surface area contributed by atoms with Crippen molar-refractivity contribution in [3.63, 3.8) is 0 Å². The van der Waals surface area contributed by atoms with Crippen molar-refractivity contribution in [2.75, 3.05) is 30.1 Å². The zero-order valence-corrected chi connectivity index (χ0v) is 40.4. The van der Waals surface area contributed by atoms with Gasteiger partial charge in [0.15, 0.2) is 17.3 Å². The number of hydrogen-bond donors (Lipinski definition) is 2. The highest BCUT2D eigenvalue weighted by molar-refractivity contribution is 6.57. The molecule has 332 valence electrons. The summed E-state index contributed by atoms with van der Waals surface area (Å²) in [6, 6.07) is 14.9. The van der Waals surface area contributed by atoms with Crippen LogP contribution in [-0.4, -0.2) is 43.5 Å². The second kappa shape index (κ2) is 21.1. The number of hydrogen-bond acceptors (Lipinski definition) is 8. The molecule has 5 rings (SSSR count). The topological polar surface area (TPSA) is 126 Å². The lowest BCUT2D eigenvalue weighted by atomic mass is 9.76. The van der Waals surface area contributed by atoms with Crippen molar-refractivity contribution in [3.05, 3.63) is 95.9 Å². The number of hydrazine groups is 1. The van der Waals surface area contributed by atoms with Crippen molar-refractivity contribution in [1.29, 1.82) is 0 Å². The van der Waals surface area contributed by atoms with Crippen molar-refractivity contribution in [2.45, 2.75) is 97.9 Å². The van der Waals surface area contributed by atoms with E-state index < -0.39 is 11.9 Å². The van der Waals surface area contributed by atoms with Crippen molar-refractivity contribution in [2.24, 2.45) is 15.2 Å². The zero-order valence-electron chi connectivity index (χ0n) is 35.8. The number of ether oxygens (including phenoxy) is 3. The number of halogens is 6. The van der Waals surface area contributed by atoms with Gasteiger partial charge in [0.1, 0.15) is 11.4 Å². The summed E-state index contributed by atoms with van der Waals surface area (Å²) in [5.74, 6) is 0.868. The minimum absolute atomic E-state index is 0.0107. The van der Waals surface area contributed by atoms with E-state index in [4.69, 9.17) is 83.8 Å². The fourth-order valence-electron chi connectivity index (χ4n) is 6.29. The highest BCUT2D eigenvalue weighted by Gasteiger charge is 2.42. The molecule has 4 aromatic carbocycles. The molecule has 1 saturated heterocycles. The molecule has 1 aliphatic heterocycles. The molecule has 1 unspecified atom stereocenters. The first-order valence-electron chi connectivity index (χ1n) is 20.3. The normalized spacial score (nSPS) is 15.1. The fraction of sp³-hybridized carbons (Fsp3) is 0.400. The van der Waals surface area contributed by atoms with Crippen LogP contribution in [-0.2, 0) is 20.4 Å². The van der Waals surface area contributed by atoms with Crippen LogP contribution in [0.3, 0.4) is 0 Å². The summed E-state index contributed by atoms with van der Waals surface area (Å²) in [6.45, 7) is 18.2. The minimum Gasteiger partial charge on any atom is -0.493 e. The number of rotatable bonds is 18. The number of carbonyl (C=O) groups is 2. The molecule has 0 aliphatic carbocycles. The van der Waals surface area contributed by atoms with Crippen LogP contribution in [0.2, 0.25) is 30.1 Å². The van der Waals surface area contributed by atoms with E-state index in [1.54, 1.807) is 36.4 Å². The van der Waals surface area contributed by atoms with Crippen LogP contribution in [0.1, 0.15) is 92.2 Å². The lowest BCUT2D eigenvalue weighted by molar-refractivity contribution is -0.118. The number of carbonyl (C=O) groups excluding carboxylic acids is 2. The van der Waals surface area contributed by atoms with Gasteiger partial charge >= 0.3 is 0 Å². The Morgan fingerprint density at radius 3 is 2.03 bits per heavy atom. The summed E-state index contributed by atoms with van der Waals surface area (Å²) in [5, 5.41) is 12.2. The molecule has 0 spiro atoms. The SMILES string of the molecule is CCOc1ccc(N=NC2C(=O)N(c3c(Cl)c(Cl)c(Cl)c(Cl)c3Cl)NC2=Nc2cc(NC(=O)CCCOc3ccc(C(C)(C)CC)cc3C(C)(C)CC)ccc2Cl)cc1OCC. The van der Waals surface area contributed by atoms with Gasteiger partial charge in [-0.15, -0.1) is 0 Å². The molecule has 17 heteroatoms. The van der Waals surface area contributed by atoms with E-state index in [1.165, 1.54) is 5.56 Å². The largest absolute Gasteiger partial charge is 0.493 e. The van der Waals surface area contributed by atoms with E-state index in [9.17, 15) is 9.59 Å². The average molecular weight is 968 g/mol. The molecule has 0 saturated carbocycles. The van der Waals surface area contributed by atoms with Crippen LogP contribution in [0.5, 0.6) is 17.2 Å². The van der Waals surface area contributed by atoms with Crippen molar-refractivity contribution in [1.82, 2.24) is 5.43 Å². The first-order chi connectivity index (χ1) is 29.4. The number of aliphatic imine (C=N–C) groups is 1. The molecule has 1 aliphatic rings. The molecule has 0 bridgehead atoms. The number of benzene rings is 4. The van der Waals surface area contributed by atoms with E-state index in [0.717, 1.165) is 29.2 Å². The molecule has 0 radical (unpaired) electrons. The van der Waals surface area contributed by atoms with Crippen molar-refractivity contribution >= 4 is 110 Å². The van der Waals surface area contributed by atoms with Crippen LogP contribution in [0, 0.1) is 0 Å². The van der Waals surface area contributed by atoms with E-state index >= 15 is 0 Å². The first kappa shape index (κ1) is 49.1. The van der Waals surface area contributed by atoms with Gasteiger partial charge in [0.25, 0.3) is 5.91 Å². The van der Waals surface area contributed by atoms with Gasteiger partial charge in [-0.25, -0.2) is 10.0 Å². The number of amidine groups is 1. The third-order valence-electron chi connectivity index (χ3n) is 10.7. The van der Waals surface area contributed by atoms with Crippen LogP contribution in [0.15, 0.2) is 69.8 Å². The van der Waals surface area contributed by atoms with Gasteiger partial charge in [-0.2, -0.15) is 10.2 Å². The Balaban J connectivity index is 1.38. The predicted molar refractivity (Wildman–Crippen MR) is 254 cm³/mol.